The van der Waals surface area contributed by atoms with Crippen molar-refractivity contribution in [1.82, 2.24) is 9.97 Å². The molecule has 8 heteroatoms. The lowest BCUT2D eigenvalue weighted by atomic mass is 10.3. The molecule has 0 spiro atoms. The van der Waals surface area contributed by atoms with Crippen LogP contribution in [0, 0.1) is 0 Å². The molecule has 102 valence electrons. The van der Waals surface area contributed by atoms with Crippen molar-refractivity contribution in [3.63, 3.8) is 0 Å². The number of rotatable bonds is 2. The van der Waals surface area contributed by atoms with Crippen molar-refractivity contribution in [2.24, 2.45) is 0 Å². The zero-order valence-electron chi connectivity index (χ0n) is 10.7. The fraction of sp³-hybridized carbons (Fsp3) is 0.167. The molecule has 0 radical (unpaired) electrons. The van der Waals surface area contributed by atoms with Crippen LogP contribution in [0.4, 0.5) is 10.3 Å². The van der Waals surface area contributed by atoms with Crippen molar-refractivity contribution in [2.45, 2.75) is 13.8 Å². The molecule has 0 aliphatic rings. The molecule has 0 unspecified atom stereocenters. The number of anilines is 2. The van der Waals surface area contributed by atoms with E-state index in [-0.39, 0.29) is 11.8 Å². The number of thiazole rings is 2. The van der Waals surface area contributed by atoms with E-state index in [0.29, 0.717) is 10.3 Å². The summed E-state index contributed by atoms with van der Waals surface area (Å²) in [6, 6.07) is 3.82. The Morgan fingerprint density at radius 3 is 1.75 bits per heavy atom. The minimum absolute atomic E-state index is 0.142. The SMILES string of the molecule is CC(=O)Nc1nc2cc3nc(NC(C)=O)sc3cc2s1. The van der Waals surface area contributed by atoms with Gasteiger partial charge in [-0.3, -0.25) is 9.59 Å². The second kappa shape index (κ2) is 4.80. The molecular weight excluding hydrogens is 296 g/mol. The normalized spacial score (nSPS) is 10.9. The molecule has 0 saturated carbocycles. The molecular formula is C12H10N4O2S2. The van der Waals surface area contributed by atoms with Gasteiger partial charge >= 0.3 is 0 Å². The van der Waals surface area contributed by atoms with Crippen LogP contribution in [0.2, 0.25) is 0 Å². The quantitative estimate of drug-likeness (QED) is 0.762. The first-order chi connectivity index (χ1) is 9.51. The third-order valence-electron chi connectivity index (χ3n) is 2.46. The van der Waals surface area contributed by atoms with Gasteiger partial charge in [-0.2, -0.15) is 0 Å². The summed E-state index contributed by atoms with van der Waals surface area (Å²) >= 11 is 2.82. The van der Waals surface area contributed by atoms with Crippen molar-refractivity contribution >= 4 is 65.2 Å². The largest absolute Gasteiger partial charge is 0.302 e. The fourth-order valence-electron chi connectivity index (χ4n) is 1.76. The molecule has 2 aromatic heterocycles. The molecule has 20 heavy (non-hydrogen) atoms. The number of nitrogens with one attached hydrogen (secondary N) is 2. The van der Waals surface area contributed by atoms with Gasteiger partial charge in [-0.05, 0) is 12.1 Å². The standard InChI is InChI=1S/C12H10N4O2S2/c1-5(17)13-11-15-7-3-8-10(4-9(7)19-11)20-12(16-8)14-6(2)18/h3-4H,1-2H3,(H,13,15,17)(H,14,16,18). The number of nitrogens with zero attached hydrogens (tertiary/aromatic N) is 2. The Morgan fingerprint density at radius 1 is 0.900 bits per heavy atom. The molecule has 0 atom stereocenters. The smallest absolute Gasteiger partial charge is 0.223 e. The number of carbonyl (C=O) groups is 2. The Labute approximate surface area is 121 Å². The summed E-state index contributed by atoms with van der Waals surface area (Å²) in [4.78, 5) is 30.7. The van der Waals surface area contributed by atoms with Gasteiger partial charge in [-0.25, -0.2) is 9.97 Å². The number of hydrogen-bond acceptors (Lipinski definition) is 6. The zero-order valence-corrected chi connectivity index (χ0v) is 12.3. The summed E-state index contributed by atoms with van der Waals surface area (Å²) in [6.45, 7) is 2.90. The average Bonchev–Trinajstić information content (AvgIpc) is 2.84. The summed E-state index contributed by atoms with van der Waals surface area (Å²) in [5.74, 6) is -0.283. The highest BCUT2D eigenvalue weighted by Crippen LogP contribution is 2.33. The van der Waals surface area contributed by atoms with Gasteiger partial charge in [-0.15, -0.1) is 0 Å². The van der Waals surface area contributed by atoms with Gasteiger partial charge in [0.15, 0.2) is 10.3 Å². The highest BCUT2D eigenvalue weighted by Gasteiger charge is 2.10. The van der Waals surface area contributed by atoms with Gasteiger partial charge in [-0.1, -0.05) is 22.7 Å². The summed E-state index contributed by atoms with van der Waals surface area (Å²) in [6.07, 6.45) is 0. The van der Waals surface area contributed by atoms with Crippen molar-refractivity contribution in [3.8, 4) is 0 Å². The molecule has 0 bridgehead atoms. The van der Waals surface area contributed by atoms with Gasteiger partial charge in [0.1, 0.15) is 0 Å². The van der Waals surface area contributed by atoms with Gasteiger partial charge in [0.2, 0.25) is 11.8 Å². The number of carbonyl (C=O) groups excluding carboxylic acids is 2. The van der Waals surface area contributed by atoms with E-state index in [1.165, 1.54) is 36.5 Å². The molecule has 6 nitrogen and oxygen atoms in total. The molecule has 2 heterocycles. The van der Waals surface area contributed by atoms with E-state index in [9.17, 15) is 9.59 Å². The molecule has 3 rings (SSSR count). The van der Waals surface area contributed by atoms with E-state index in [0.717, 1.165) is 20.4 Å². The maximum absolute atomic E-state index is 11.0. The molecule has 0 aliphatic carbocycles. The Morgan fingerprint density at radius 2 is 1.35 bits per heavy atom. The number of benzene rings is 1. The summed E-state index contributed by atoms with van der Waals surface area (Å²) in [5.41, 5.74) is 1.57. The molecule has 0 fully saturated rings. The minimum Gasteiger partial charge on any atom is -0.302 e. The molecule has 0 aliphatic heterocycles. The summed E-state index contributed by atoms with van der Waals surface area (Å²) in [5, 5.41) is 6.50. The van der Waals surface area contributed by atoms with Crippen LogP contribution in [0.3, 0.4) is 0 Å². The number of hydrogen-bond donors (Lipinski definition) is 2. The monoisotopic (exact) mass is 306 g/mol. The van der Waals surface area contributed by atoms with Crippen LogP contribution in [0.25, 0.3) is 20.4 Å². The lowest BCUT2D eigenvalue weighted by Crippen LogP contribution is -2.04. The molecule has 1 aromatic carbocycles. The van der Waals surface area contributed by atoms with Crippen LogP contribution < -0.4 is 10.6 Å². The maximum atomic E-state index is 11.0. The zero-order chi connectivity index (χ0) is 14.3. The number of aromatic nitrogens is 2. The topological polar surface area (TPSA) is 84.0 Å². The molecule has 3 aromatic rings. The third-order valence-corrected chi connectivity index (χ3v) is 4.33. The lowest BCUT2D eigenvalue weighted by molar-refractivity contribution is -0.115. The van der Waals surface area contributed by atoms with E-state index in [2.05, 4.69) is 20.6 Å². The van der Waals surface area contributed by atoms with Crippen LogP contribution >= 0.6 is 22.7 Å². The number of fused-ring (bicyclic) bond motifs is 2. The van der Waals surface area contributed by atoms with Crippen LogP contribution in [0.15, 0.2) is 12.1 Å². The maximum Gasteiger partial charge on any atom is 0.223 e. The highest BCUT2D eigenvalue weighted by atomic mass is 32.1. The molecule has 0 saturated heterocycles. The lowest BCUT2D eigenvalue weighted by Gasteiger charge is -1.91. The van der Waals surface area contributed by atoms with Crippen molar-refractivity contribution in [1.29, 1.82) is 0 Å². The highest BCUT2D eigenvalue weighted by molar-refractivity contribution is 7.24. The van der Waals surface area contributed by atoms with E-state index in [4.69, 9.17) is 0 Å². The first-order valence-electron chi connectivity index (χ1n) is 5.77. The molecule has 2 N–H and O–H groups in total. The van der Waals surface area contributed by atoms with E-state index < -0.39 is 0 Å². The first-order valence-corrected chi connectivity index (χ1v) is 7.41. The number of amides is 2. The minimum atomic E-state index is -0.142. The van der Waals surface area contributed by atoms with Crippen molar-refractivity contribution < 1.29 is 9.59 Å². The van der Waals surface area contributed by atoms with E-state index >= 15 is 0 Å². The Kier molecular flexibility index (Phi) is 3.11. The van der Waals surface area contributed by atoms with Crippen molar-refractivity contribution in [2.75, 3.05) is 10.6 Å². The average molecular weight is 306 g/mol. The van der Waals surface area contributed by atoms with Gasteiger partial charge < -0.3 is 10.6 Å². The summed E-state index contributed by atoms with van der Waals surface area (Å²) < 4.78 is 1.94. The Hall–Kier alpha value is -2.06. The predicted octanol–water partition coefficient (Wildman–Crippen LogP) is 2.82. The van der Waals surface area contributed by atoms with Gasteiger partial charge in [0.25, 0.3) is 0 Å². The first kappa shape index (κ1) is 12.9. The second-order valence-corrected chi connectivity index (χ2v) is 6.25. The Balaban J connectivity index is 2.05. The van der Waals surface area contributed by atoms with Crippen LogP contribution in [-0.2, 0) is 9.59 Å². The molecule has 2 amide bonds. The Bertz CT molecular complexity index is 720. The van der Waals surface area contributed by atoms with Crippen LogP contribution in [0.1, 0.15) is 13.8 Å². The van der Waals surface area contributed by atoms with Crippen LogP contribution in [-0.4, -0.2) is 21.8 Å². The second-order valence-electron chi connectivity index (χ2n) is 4.19. The van der Waals surface area contributed by atoms with E-state index in [1.807, 2.05) is 12.1 Å². The third kappa shape index (κ3) is 2.47. The fourth-order valence-corrected chi connectivity index (χ4v) is 3.70. The predicted molar refractivity (Wildman–Crippen MR) is 81.4 cm³/mol. The summed E-state index contributed by atoms with van der Waals surface area (Å²) in [7, 11) is 0. The van der Waals surface area contributed by atoms with E-state index in [1.54, 1.807) is 0 Å². The van der Waals surface area contributed by atoms with Gasteiger partial charge in [0.05, 0.1) is 20.4 Å². The van der Waals surface area contributed by atoms with Crippen molar-refractivity contribution in [3.05, 3.63) is 12.1 Å². The van der Waals surface area contributed by atoms with Crippen LogP contribution in [0.5, 0.6) is 0 Å². The van der Waals surface area contributed by atoms with Gasteiger partial charge in [0, 0.05) is 13.8 Å².